The van der Waals surface area contributed by atoms with Crippen molar-refractivity contribution >= 4 is 21.4 Å². The van der Waals surface area contributed by atoms with Gasteiger partial charge in [0, 0.05) is 17.8 Å². The second-order valence-corrected chi connectivity index (χ2v) is 8.24. The number of halogens is 1. The van der Waals surface area contributed by atoms with Gasteiger partial charge in [0.1, 0.15) is 18.5 Å². The first-order valence-electron chi connectivity index (χ1n) is 7.91. The van der Waals surface area contributed by atoms with Gasteiger partial charge in [-0.2, -0.15) is 0 Å². The molecule has 7 heteroatoms. The Kier molecular flexibility index (Phi) is 7.25. The average molecular weight is 384 g/mol. The summed E-state index contributed by atoms with van der Waals surface area (Å²) in [5.41, 5.74) is 1.14. The van der Waals surface area contributed by atoms with E-state index in [9.17, 15) is 13.5 Å². The van der Waals surface area contributed by atoms with Gasteiger partial charge in [-0.05, 0) is 54.9 Å². The third kappa shape index (κ3) is 7.04. The van der Waals surface area contributed by atoms with E-state index >= 15 is 0 Å². The van der Waals surface area contributed by atoms with Gasteiger partial charge in [-0.1, -0.05) is 23.7 Å². The number of aliphatic hydroxyl groups is 1. The maximum atomic E-state index is 11.4. The minimum Gasteiger partial charge on any atom is -0.491 e. The van der Waals surface area contributed by atoms with E-state index in [0.29, 0.717) is 17.3 Å². The van der Waals surface area contributed by atoms with Crippen molar-refractivity contribution in [3.05, 3.63) is 59.1 Å². The fourth-order valence-corrected chi connectivity index (χ4v) is 3.07. The van der Waals surface area contributed by atoms with Crippen molar-refractivity contribution < 1.29 is 18.3 Å². The zero-order valence-corrected chi connectivity index (χ0v) is 15.6. The number of aliphatic hydroxyl groups excluding tert-OH is 1. The molecule has 5 nitrogen and oxygen atoms in total. The van der Waals surface area contributed by atoms with Crippen molar-refractivity contribution in [2.24, 2.45) is 0 Å². The standard InChI is InChI=1S/C18H22ClNO4S/c1-25(22,23)18-7-5-17(6-8-18)24-13-16(21)12-20-10-9-14-3-2-4-15(19)11-14/h2-8,11,16,20-21H,9-10,12-13H2,1H3/t16-/m0/s1. The summed E-state index contributed by atoms with van der Waals surface area (Å²) >= 11 is 5.93. The molecule has 0 aliphatic rings. The lowest BCUT2D eigenvalue weighted by Gasteiger charge is -2.13. The van der Waals surface area contributed by atoms with E-state index in [4.69, 9.17) is 16.3 Å². The summed E-state index contributed by atoms with van der Waals surface area (Å²) in [6.45, 7) is 1.25. The highest BCUT2D eigenvalue weighted by Gasteiger charge is 2.08. The van der Waals surface area contributed by atoms with Crippen LogP contribution in [0, 0.1) is 0 Å². The molecular weight excluding hydrogens is 362 g/mol. The Bertz CT molecular complexity index is 778. The summed E-state index contributed by atoms with van der Waals surface area (Å²) in [6, 6.07) is 13.8. The summed E-state index contributed by atoms with van der Waals surface area (Å²) < 4.78 is 28.2. The summed E-state index contributed by atoms with van der Waals surface area (Å²) in [7, 11) is -3.21. The quantitative estimate of drug-likeness (QED) is 0.650. The summed E-state index contributed by atoms with van der Waals surface area (Å²) in [5, 5.41) is 13.8. The predicted octanol–water partition coefficient (Wildman–Crippen LogP) is 2.32. The Labute approximate surface area is 153 Å². The first-order valence-corrected chi connectivity index (χ1v) is 10.2. The maximum Gasteiger partial charge on any atom is 0.175 e. The molecule has 136 valence electrons. The molecule has 0 unspecified atom stereocenters. The van der Waals surface area contributed by atoms with Crippen molar-refractivity contribution in [2.45, 2.75) is 17.4 Å². The molecule has 25 heavy (non-hydrogen) atoms. The molecule has 0 saturated carbocycles. The van der Waals surface area contributed by atoms with E-state index in [2.05, 4.69) is 5.32 Å². The second-order valence-electron chi connectivity index (χ2n) is 5.79. The maximum absolute atomic E-state index is 11.4. The highest BCUT2D eigenvalue weighted by Crippen LogP contribution is 2.16. The second kappa shape index (κ2) is 9.20. The molecule has 0 bridgehead atoms. The Balaban J connectivity index is 1.67. The number of ether oxygens (including phenoxy) is 1. The highest BCUT2D eigenvalue weighted by atomic mass is 35.5. The first kappa shape index (κ1) is 19.7. The number of rotatable bonds is 9. The fourth-order valence-electron chi connectivity index (χ4n) is 2.23. The molecule has 1 atom stereocenters. The van der Waals surface area contributed by atoms with Crippen molar-refractivity contribution in [3.63, 3.8) is 0 Å². The molecular formula is C18H22ClNO4S. The molecule has 2 aromatic rings. The van der Waals surface area contributed by atoms with E-state index in [-0.39, 0.29) is 11.5 Å². The van der Waals surface area contributed by atoms with Crippen LogP contribution in [0.3, 0.4) is 0 Å². The lowest BCUT2D eigenvalue weighted by molar-refractivity contribution is 0.106. The van der Waals surface area contributed by atoms with Gasteiger partial charge >= 0.3 is 0 Å². The molecule has 0 fully saturated rings. The molecule has 0 heterocycles. The van der Waals surface area contributed by atoms with Gasteiger partial charge in [0.2, 0.25) is 0 Å². The van der Waals surface area contributed by atoms with Crippen LogP contribution in [-0.4, -0.2) is 45.6 Å². The summed E-state index contributed by atoms with van der Waals surface area (Å²) in [6.07, 6.45) is 1.32. The van der Waals surface area contributed by atoms with Crippen LogP contribution in [0.5, 0.6) is 5.75 Å². The Hall–Kier alpha value is -1.60. The Morgan fingerprint density at radius 2 is 1.92 bits per heavy atom. The minimum absolute atomic E-state index is 0.127. The zero-order valence-electron chi connectivity index (χ0n) is 14.0. The lowest BCUT2D eigenvalue weighted by Crippen LogP contribution is -2.32. The summed E-state index contributed by atoms with van der Waals surface area (Å²) in [5.74, 6) is 0.519. The van der Waals surface area contributed by atoms with Gasteiger partial charge < -0.3 is 15.2 Å². The molecule has 0 aliphatic heterocycles. The van der Waals surface area contributed by atoms with Gasteiger partial charge in [0.15, 0.2) is 9.84 Å². The Morgan fingerprint density at radius 1 is 1.20 bits per heavy atom. The molecule has 0 spiro atoms. The molecule has 2 N–H and O–H groups in total. The summed E-state index contributed by atoms with van der Waals surface area (Å²) in [4.78, 5) is 0.239. The van der Waals surface area contributed by atoms with Crippen LogP contribution in [0.15, 0.2) is 53.4 Å². The number of sulfone groups is 1. The minimum atomic E-state index is -3.21. The van der Waals surface area contributed by atoms with E-state index in [1.54, 1.807) is 12.1 Å². The van der Waals surface area contributed by atoms with Crippen molar-refractivity contribution in [1.29, 1.82) is 0 Å². The normalized spacial score (nSPS) is 12.8. The highest BCUT2D eigenvalue weighted by molar-refractivity contribution is 7.90. The molecule has 0 aliphatic carbocycles. The number of benzene rings is 2. The van der Waals surface area contributed by atoms with Crippen LogP contribution in [-0.2, 0) is 16.3 Å². The van der Waals surface area contributed by atoms with Gasteiger partial charge in [-0.25, -0.2) is 8.42 Å². The van der Waals surface area contributed by atoms with E-state index in [1.807, 2.05) is 24.3 Å². The van der Waals surface area contributed by atoms with Gasteiger partial charge in [-0.3, -0.25) is 0 Å². The van der Waals surface area contributed by atoms with Crippen LogP contribution in [0.25, 0.3) is 0 Å². The van der Waals surface area contributed by atoms with E-state index < -0.39 is 15.9 Å². The van der Waals surface area contributed by atoms with Gasteiger partial charge in [0.05, 0.1) is 4.90 Å². The SMILES string of the molecule is CS(=O)(=O)c1ccc(OC[C@@H](O)CNCCc2cccc(Cl)c2)cc1. The van der Waals surface area contributed by atoms with Crippen molar-refractivity contribution in [2.75, 3.05) is 26.0 Å². The van der Waals surface area contributed by atoms with Crippen molar-refractivity contribution in [3.8, 4) is 5.75 Å². The largest absolute Gasteiger partial charge is 0.491 e. The number of hydrogen-bond donors (Lipinski definition) is 2. The Morgan fingerprint density at radius 3 is 2.56 bits per heavy atom. The van der Waals surface area contributed by atoms with Crippen LogP contribution in [0.1, 0.15) is 5.56 Å². The average Bonchev–Trinajstić information content (AvgIpc) is 2.56. The smallest absolute Gasteiger partial charge is 0.175 e. The number of nitrogens with one attached hydrogen (secondary N) is 1. The molecule has 2 aromatic carbocycles. The molecule has 0 saturated heterocycles. The van der Waals surface area contributed by atoms with Crippen LogP contribution in [0.4, 0.5) is 0 Å². The predicted molar refractivity (Wildman–Crippen MR) is 99.1 cm³/mol. The monoisotopic (exact) mass is 383 g/mol. The third-order valence-corrected chi connectivity index (χ3v) is 4.92. The zero-order chi connectivity index (χ0) is 18.3. The van der Waals surface area contributed by atoms with Crippen molar-refractivity contribution in [1.82, 2.24) is 5.32 Å². The van der Waals surface area contributed by atoms with Crippen LogP contribution < -0.4 is 10.1 Å². The first-order chi connectivity index (χ1) is 11.8. The molecule has 2 rings (SSSR count). The number of hydrogen-bond acceptors (Lipinski definition) is 5. The molecule has 0 radical (unpaired) electrons. The third-order valence-electron chi connectivity index (χ3n) is 3.55. The lowest BCUT2D eigenvalue weighted by atomic mass is 10.1. The topological polar surface area (TPSA) is 75.6 Å². The molecule has 0 amide bonds. The van der Waals surface area contributed by atoms with E-state index in [0.717, 1.165) is 24.8 Å². The van der Waals surface area contributed by atoms with Gasteiger partial charge in [0.25, 0.3) is 0 Å². The van der Waals surface area contributed by atoms with Crippen LogP contribution >= 0.6 is 11.6 Å². The van der Waals surface area contributed by atoms with Crippen LogP contribution in [0.2, 0.25) is 5.02 Å². The molecule has 0 aromatic heterocycles. The fraction of sp³-hybridized carbons (Fsp3) is 0.333. The van der Waals surface area contributed by atoms with E-state index in [1.165, 1.54) is 12.1 Å². The van der Waals surface area contributed by atoms with Gasteiger partial charge in [-0.15, -0.1) is 0 Å².